The van der Waals surface area contributed by atoms with E-state index in [9.17, 15) is 4.79 Å². The minimum Gasteiger partial charge on any atom is -0.344 e. The lowest BCUT2D eigenvalue weighted by atomic mass is 9.85. The SMILES string of the molecule is CC(CC(=O)NC1(c2nccs2)CCCC1)C1CCCNC1. The third-order valence-electron chi connectivity index (χ3n) is 5.32. The molecule has 1 aromatic heterocycles. The maximum Gasteiger partial charge on any atom is 0.221 e. The van der Waals surface area contributed by atoms with Crippen LogP contribution in [0.1, 0.15) is 56.9 Å². The van der Waals surface area contributed by atoms with E-state index < -0.39 is 0 Å². The van der Waals surface area contributed by atoms with Crippen molar-refractivity contribution in [2.45, 2.75) is 57.4 Å². The van der Waals surface area contributed by atoms with Gasteiger partial charge in [-0.2, -0.15) is 0 Å². The van der Waals surface area contributed by atoms with E-state index >= 15 is 0 Å². The van der Waals surface area contributed by atoms with Gasteiger partial charge in [-0.3, -0.25) is 4.79 Å². The number of piperidine rings is 1. The van der Waals surface area contributed by atoms with Crippen LogP contribution < -0.4 is 10.6 Å². The second kappa shape index (κ2) is 7.09. The van der Waals surface area contributed by atoms with E-state index in [1.807, 2.05) is 11.6 Å². The normalized spacial score (nSPS) is 25.8. The average Bonchev–Trinajstić information content (AvgIpc) is 3.19. The van der Waals surface area contributed by atoms with Crippen LogP contribution in [0.2, 0.25) is 0 Å². The number of nitrogens with one attached hydrogen (secondary N) is 2. The lowest BCUT2D eigenvalue weighted by molar-refractivity contribution is -0.124. The minimum absolute atomic E-state index is 0.185. The molecule has 2 fully saturated rings. The molecule has 0 bridgehead atoms. The topological polar surface area (TPSA) is 54.0 Å². The molecule has 2 aliphatic rings. The van der Waals surface area contributed by atoms with Crippen molar-refractivity contribution >= 4 is 17.2 Å². The number of hydrogen-bond acceptors (Lipinski definition) is 4. The van der Waals surface area contributed by atoms with E-state index in [2.05, 4.69) is 22.5 Å². The molecule has 2 N–H and O–H groups in total. The molecule has 1 saturated carbocycles. The molecule has 0 spiro atoms. The highest BCUT2D eigenvalue weighted by molar-refractivity contribution is 7.09. The van der Waals surface area contributed by atoms with Crippen LogP contribution in [0.15, 0.2) is 11.6 Å². The first-order valence-corrected chi connectivity index (χ1v) is 9.49. The van der Waals surface area contributed by atoms with Crippen LogP contribution in [0, 0.1) is 11.8 Å². The van der Waals surface area contributed by atoms with Crippen LogP contribution in [-0.4, -0.2) is 24.0 Å². The number of carbonyl (C=O) groups excluding carboxylic acids is 1. The van der Waals surface area contributed by atoms with Gasteiger partial charge in [0.05, 0.1) is 5.54 Å². The monoisotopic (exact) mass is 321 g/mol. The summed E-state index contributed by atoms with van der Waals surface area (Å²) < 4.78 is 0. The first-order valence-electron chi connectivity index (χ1n) is 8.61. The minimum atomic E-state index is -0.185. The molecular formula is C17H27N3OS. The van der Waals surface area contributed by atoms with E-state index in [-0.39, 0.29) is 11.4 Å². The zero-order chi connectivity index (χ0) is 15.4. The number of carbonyl (C=O) groups is 1. The summed E-state index contributed by atoms with van der Waals surface area (Å²) in [6.07, 6.45) is 9.40. The van der Waals surface area contributed by atoms with E-state index in [4.69, 9.17) is 0 Å². The van der Waals surface area contributed by atoms with Crippen molar-refractivity contribution in [3.8, 4) is 0 Å². The molecule has 0 aromatic carbocycles. The van der Waals surface area contributed by atoms with Crippen molar-refractivity contribution in [1.29, 1.82) is 0 Å². The van der Waals surface area contributed by atoms with Crippen molar-refractivity contribution in [2.24, 2.45) is 11.8 Å². The Morgan fingerprint density at radius 3 is 2.95 bits per heavy atom. The molecule has 1 amide bonds. The predicted molar refractivity (Wildman–Crippen MR) is 89.8 cm³/mol. The van der Waals surface area contributed by atoms with Crippen LogP contribution in [0.25, 0.3) is 0 Å². The summed E-state index contributed by atoms with van der Waals surface area (Å²) in [7, 11) is 0. The third-order valence-corrected chi connectivity index (χ3v) is 6.30. The Labute approximate surface area is 137 Å². The van der Waals surface area contributed by atoms with Crippen LogP contribution in [-0.2, 0) is 10.3 Å². The molecule has 22 heavy (non-hydrogen) atoms. The zero-order valence-corrected chi connectivity index (χ0v) is 14.3. The highest BCUT2D eigenvalue weighted by Gasteiger charge is 2.39. The molecular weight excluding hydrogens is 294 g/mol. The molecule has 5 heteroatoms. The van der Waals surface area contributed by atoms with Crippen LogP contribution in [0.5, 0.6) is 0 Å². The molecule has 1 aromatic rings. The fourth-order valence-corrected chi connectivity index (χ4v) is 4.83. The maximum absolute atomic E-state index is 12.6. The van der Waals surface area contributed by atoms with Gasteiger partial charge in [-0.25, -0.2) is 4.98 Å². The van der Waals surface area contributed by atoms with Gasteiger partial charge in [0.15, 0.2) is 0 Å². The Kier molecular flexibility index (Phi) is 5.14. The standard InChI is InChI=1S/C17H27N3OS/c1-13(14-5-4-8-18-12-14)11-15(21)20-17(6-2-3-7-17)16-19-9-10-22-16/h9-10,13-14,18H,2-8,11-12H2,1H3,(H,20,21). The van der Waals surface area contributed by atoms with Crippen LogP contribution in [0.3, 0.4) is 0 Å². The van der Waals surface area contributed by atoms with Gasteiger partial charge in [0.1, 0.15) is 5.01 Å². The van der Waals surface area contributed by atoms with Crippen molar-refractivity contribution in [2.75, 3.05) is 13.1 Å². The molecule has 2 heterocycles. The van der Waals surface area contributed by atoms with Crippen molar-refractivity contribution in [3.05, 3.63) is 16.6 Å². The van der Waals surface area contributed by atoms with Crippen molar-refractivity contribution in [3.63, 3.8) is 0 Å². The number of nitrogens with zero attached hydrogens (tertiary/aromatic N) is 1. The van der Waals surface area contributed by atoms with Crippen molar-refractivity contribution < 1.29 is 4.79 Å². The van der Waals surface area contributed by atoms with Crippen LogP contribution in [0.4, 0.5) is 0 Å². The third kappa shape index (κ3) is 3.51. The second-order valence-corrected chi connectivity index (χ2v) is 7.86. The number of amides is 1. The molecule has 122 valence electrons. The summed E-state index contributed by atoms with van der Waals surface area (Å²) >= 11 is 1.67. The van der Waals surface area contributed by atoms with Crippen LogP contribution >= 0.6 is 11.3 Å². The lowest BCUT2D eigenvalue weighted by Crippen LogP contribution is -2.45. The smallest absolute Gasteiger partial charge is 0.221 e. The molecule has 3 rings (SSSR count). The Morgan fingerprint density at radius 2 is 2.32 bits per heavy atom. The first-order chi connectivity index (χ1) is 10.7. The van der Waals surface area contributed by atoms with E-state index in [0.29, 0.717) is 18.3 Å². The van der Waals surface area contributed by atoms with Gasteiger partial charge in [-0.05, 0) is 50.6 Å². The summed E-state index contributed by atoms with van der Waals surface area (Å²) in [5, 5.41) is 9.91. The summed E-state index contributed by atoms with van der Waals surface area (Å²) in [5.74, 6) is 1.29. The van der Waals surface area contributed by atoms with E-state index in [0.717, 1.165) is 30.9 Å². The predicted octanol–water partition coefficient (Wildman–Crippen LogP) is 3.05. The number of aromatic nitrogens is 1. The Morgan fingerprint density at radius 1 is 1.50 bits per heavy atom. The largest absolute Gasteiger partial charge is 0.344 e. The molecule has 1 aliphatic heterocycles. The number of rotatable bonds is 5. The van der Waals surface area contributed by atoms with Crippen molar-refractivity contribution in [1.82, 2.24) is 15.6 Å². The Hall–Kier alpha value is -0.940. The van der Waals surface area contributed by atoms with E-state index in [1.165, 1.54) is 25.7 Å². The molecule has 2 atom stereocenters. The fourth-order valence-electron chi connectivity index (χ4n) is 3.97. The summed E-state index contributed by atoms with van der Waals surface area (Å²) in [6, 6.07) is 0. The summed E-state index contributed by atoms with van der Waals surface area (Å²) in [4.78, 5) is 17.1. The highest BCUT2D eigenvalue weighted by Crippen LogP contribution is 2.39. The Balaban J connectivity index is 1.60. The van der Waals surface area contributed by atoms with Gasteiger partial charge in [0, 0.05) is 18.0 Å². The van der Waals surface area contributed by atoms with Gasteiger partial charge in [-0.15, -0.1) is 11.3 Å². The number of thiazole rings is 1. The van der Waals surface area contributed by atoms with Gasteiger partial charge in [-0.1, -0.05) is 19.8 Å². The maximum atomic E-state index is 12.6. The van der Waals surface area contributed by atoms with Gasteiger partial charge in [0.25, 0.3) is 0 Å². The molecule has 0 radical (unpaired) electrons. The number of hydrogen-bond donors (Lipinski definition) is 2. The second-order valence-electron chi connectivity index (χ2n) is 6.96. The Bertz CT molecular complexity index is 476. The molecule has 1 saturated heterocycles. The van der Waals surface area contributed by atoms with E-state index in [1.54, 1.807) is 11.3 Å². The highest BCUT2D eigenvalue weighted by atomic mass is 32.1. The molecule has 2 unspecified atom stereocenters. The van der Waals surface area contributed by atoms with Gasteiger partial charge >= 0.3 is 0 Å². The molecule has 4 nitrogen and oxygen atoms in total. The first kappa shape index (κ1) is 15.9. The van der Waals surface area contributed by atoms with Gasteiger partial charge < -0.3 is 10.6 Å². The average molecular weight is 321 g/mol. The fraction of sp³-hybridized carbons (Fsp3) is 0.765. The summed E-state index contributed by atoms with van der Waals surface area (Å²) in [5.41, 5.74) is -0.185. The zero-order valence-electron chi connectivity index (χ0n) is 13.4. The quantitative estimate of drug-likeness (QED) is 0.876. The summed E-state index contributed by atoms with van der Waals surface area (Å²) in [6.45, 7) is 4.41. The molecule has 1 aliphatic carbocycles. The van der Waals surface area contributed by atoms with Gasteiger partial charge in [0.2, 0.25) is 5.91 Å². The lowest BCUT2D eigenvalue weighted by Gasteiger charge is -2.31.